The smallest absolute Gasteiger partial charge is 0.328 e. The highest BCUT2D eigenvalue weighted by Gasteiger charge is 2.09. The van der Waals surface area contributed by atoms with Gasteiger partial charge in [0.05, 0.1) is 24.0 Å². The lowest BCUT2D eigenvalue weighted by molar-refractivity contribution is -0.134. The van der Waals surface area contributed by atoms with Crippen molar-refractivity contribution in [2.45, 2.75) is 25.8 Å². The minimum atomic E-state index is -1.26. The van der Waals surface area contributed by atoms with Gasteiger partial charge >= 0.3 is 11.9 Å². The molecule has 1 atom stereocenters. The number of hydrogen-bond donors (Lipinski definition) is 4. The van der Waals surface area contributed by atoms with Crippen LogP contribution in [0, 0.1) is 0 Å². The van der Waals surface area contributed by atoms with Crippen LogP contribution in [0.15, 0.2) is 43.0 Å². The molecule has 29 heavy (non-hydrogen) atoms. The number of benzene rings is 1. The quantitative estimate of drug-likeness (QED) is 0.471. The van der Waals surface area contributed by atoms with Crippen LogP contribution in [0.2, 0.25) is 0 Å². The Bertz CT molecular complexity index is 864. The van der Waals surface area contributed by atoms with Crippen molar-refractivity contribution >= 4 is 34.6 Å². The van der Waals surface area contributed by atoms with E-state index < -0.39 is 11.9 Å². The van der Waals surface area contributed by atoms with Crippen LogP contribution in [0.1, 0.15) is 25.5 Å². The number of aromatic nitrogens is 1. The monoisotopic (exact) mass is 401 g/mol. The molecule has 0 radical (unpaired) electrons. The molecular weight excluding hydrogens is 374 g/mol. The van der Waals surface area contributed by atoms with Crippen molar-refractivity contribution in [1.29, 1.82) is 0 Å². The van der Waals surface area contributed by atoms with Gasteiger partial charge in [0, 0.05) is 29.6 Å². The van der Waals surface area contributed by atoms with E-state index in [1.807, 2.05) is 24.3 Å². The molecule has 0 fully saturated rings. The van der Waals surface area contributed by atoms with Crippen molar-refractivity contribution in [2.75, 3.05) is 19.0 Å². The summed E-state index contributed by atoms with van der Waals surface area (Å²) in [7, 11) is 1.67. The molecule has 1 aromatic heterocycles. The van der Waals surface area contributed by atoms with Gasteiger partial charge in [-0.05, 0) is 44.5 Å². The van der Waals surface area contributed by atoms with E-state index in [0.717, 1.165) is 40.9 Å². The fraction of sp³-hybridized carbons (Fsp3) is 0.286. The van der Waals surface area contributed by atoms with E-state index in [9.17, 15) is 9.59 Å². The largest absolute Gasteiger partial charge is 0.497 e. The Balaban J connectivity index is 0.000000447. The summed E-state index contributed by atoms with van der Waals surface area (Å²) in [6, 6.07) is 8.30. The number of methoxy groups -OCH3 is 1. The lowest BCUT2D eigenvalue weighted by Crippen LogP contribution is -2.17. The Labute approximate surface area is 169 Å². The molecule has 1 unspecified atom stereocenters. The second-order valence-corrected chi connectivity index (χ2v) is 6.17. The highest BCUT2D eigenvalue weighted by atomic mass is 16.5. The summed E-state index contributed by atoms with van der Waals surface area (Å²) in [4.78, 5) is 23.7. The fourth-order valence-corrected chi connectivity index (χ4v) is 2.47. The normalized spacial score (nSPS) is 11.4. The number of carbonyl (C=O) groups is 2. The van der Waals surface area contributed by atoms with Crippen LogP contribution >= 0.6 is 0 Å². The number of ether oxygens (including phenoxy) is 1. The van der Waals surface area contributed by atoms with Gasteiger partial charge in [0.1, 0.15) is 5.75 Å². The standard InChI is InChI=1S/C17H23N3O.C4H4O4/c1-4-14-8-7-13-10-15(21-3)11-16(17(13)20-14)19-12(2)6-5-9-18;5-3(6)1-2-4(7)8/h4,7-8,10-12,19H,1,5-6,9,18H2,2-3H3;1-2H,(H,5,6)(H,7,8)/b;2-1-. The maximum absolute atomic E-state index is 9.55. The van der Waals surface area contributed by atoms with Gasteiger partial charge in [0.25, 0.3) is 0 Å². The maximum Gasteiger partial charge on any atom is 0.328 e. The summed E-state index contributed by atoms with van der Waals surface area (Å²) >= 11 is 0. The number of fused-ring (bicyclic) bond motifs is 1. The molecular formula is C21H27N3O5. The van der Waals surface area contributed by atoms with Crippen LogP contribution in [0.5, 0.6) is 5.75 Å². The van der Waals surface area contributed by atoms with Gasteiger partial charge in [-0.15, -0.1) is 0 Å². The molecule has 2 rings (SSSR count). The van der Waals surface area contributed by atoms with E-state index >= 15 is 0 Å². The molecule has 0 spiro atoms. The van der Waals surface area contributed by atoms with Crippen molar-refractivity contribution in [3.63, 3.8) is 0 Å². The van der Waals surface area contributed by atoms with Crippen molar-refractivity contribution in [3.05, 3.63) is 48.7 Å². The van der Waals surface area contributed by atoms with Crippen LogP contribution in [-0.4, -0.2) is 46.8 Å². The SMILES string of the molecule is C=Cc1ccc2cc(OC)cc(NC(C)CCCN)c2n1.O=C(O)/C=C\C(=O)O. The topological polar surface area (TPSA) is 135 Å². The van der Waals surface area contributed by atoms with Crippen LogP contribution < -0.4 is 15.8 Å². The van der Waals surface area contributed by atoms with Crippen molar-refractivity contribution < 1.29 is 24.5 Å². The first kappa shape index (κ1) is 23.6. The summed E-state index contributed by atoms with van der Waals surface area (Å²) in [6.07, 6.45) is 4.90. The van der Waals surface area contributed by atoms with Gasteiger partial charge in [-0.1, -0.05) is 12.6 Å². The highest BCUT2D eigenvalue weighted by molar-refractivity contribution is 5.92. The van der Waals surface area contributed by atoms with Crippen molar-refractivity contribution in [3.8, 4) is 5.75 Å². The number of nitrogens with one attached hydrogen (secondary N) is 1. The number of anilines is 1. The number of nitrogens with two attached hydrogens (primary N) is 1. The van der Waals surface area contributed by atoms with Gasteiger partial charge in [0.2, 0.25) is 0 Å². The number of carboxylic acids is 2. The van der Waals surface area contributed by atoms with E-state index in [4.69, 9.17) is 20.7 Å². The third-order valence-corrected chi connectivity index (χ3v) is 3.84. The average molecular weight is 401 g/mol. The summed E-state index contributed by atoms with van der Waals surface area (Å²) in [6.45, 7) is 6.64. The number of pyridine rings is 1. The van der Waals surface area contributed by atoms with Gasteiger partial charge in [0.15, 0.2) is 0 Å². The molecule has 0 aliphatic heterocycles. The zero-order valence-electron chi connectivity index (χ0n) is 16.6. The Morgan fingerprint density at radius 3 is 2.45 bits per heavy atom. The van der Waals surface area contributed by atoms with E-state index in [-0.39, 0.29) is 0 Å². The molecule has 0 aliphatic carbocycles. The van der Waals surface area contributed by atoms with Crippen LogP contribution in [-0.2, 0) is 9.59 Å². The summed E-state index contributed by atoms with van der Waals surface area (Å²) in [5, 5.41) is 20.2. The number of aliphatic carboxylic acids is 2. The molecule has 0 saturated carbocycles. The zero-order valence-corrected chi connectivity index (χ0v) is 16.6. The number of nitrogens with zero attached hydrogens (tertiary/aromatic N) is 1. The molecule has 8 heteroatoms. The molecule has 0 aliphatic rings. The van der Waals surface area contributed by atoms with E-state index in [0.29, 0.717) is 24.7 Å². The second kappa shape index (κ2) is 12.1. The highest BCUT2D eigenvalue weighted by Crippen LogP contribution is 2.29. The second-order valence-electron chi connectivity index (χ2n) is 6.17. The molecule has 5 N–H and O–H groups in total. The summed E-state index contributed by atoms with van der Waals surface area (Å²) < 4.78 is 5.37. The molecule has 8 nitrogen and oxygen atoms in total. The van der Waals surface area contributed by atoms with E-state index in [1.54, 1.807) is 13.2 Å². The first-order chi connectivity index (χ1) is 13.8. The molecule has 0 bridgehead atoms. The Morgan fingerprint density at radius 2 is 1.93 bits per heavy atom. The number of hydrogen-bond acceptors (Lipinski definition) is 6. The average Bonchev–Trinajstić information content (AvgIpc) is 2.70. The summed E-state index contributed by atoms with van der Waals surface area (Å²) in [5.41, 5.74) is 8.36. The third kappa shape index (κ3) is 8.44. The lowest BCUT2D eigenvalue weighted by Gasteiger charge is -2.17. The van der Waals surface area contributed by atoms with Gasteiger partial charge in [-0.25, -0.2) is 14.6 Å². The predicted molar refractivity (Wildman–Crippen MR) is 114 cm³/mol. The van der Waals surface area contributed by atoms with Gasteiger partial charge in [-0.2, -0.15) is 0 Å². The first-order valence-corrected chi connectivity index (χ1v) is 9.02. The Morgan fingerprint density at radius 1 is 1.28 bits per heavy atom. The van der Waals surface area contributed by atoms with E-state index in [1.165, 1.54) is 0 Å². The van der Waals surface area contributed by atoms with E-state index in [2.05, 4.69) is 23.8 Å². The minimum Gasteiger partial charge on any atom is -0.497 e. The number of rotatable bonds is 9. The minimum absolute atomic E-state index is 0.332. The molecule has 1 heterocycles. The van der Waals surface area contributed by atoms with Crippen LogP contribution in [0.3, 0.4) is 0 Å². The van der Waals surface area contributed by atoms with Gasteiger partial charge < -0.3 is 26.0 Å². The number of carboxylic acid groups (broad SMARTS) is 2. The molecule has 0 saturated heterocycles. The van der Waals surface area contributed by atoms with Crippen molar-refractivity contribution in [2.24, 2.45) is 5.73 Å². The van der Waals surface area contributed by atoms with Crippen molar-refractivity contribution in [1.82, 2.24) is 4.98 Å². The Hall–Kier alpha value is -3.39. The molecule has 0 amide bonds. The first-order valence-electron chi connectivity index (χ1n) is 9.02. The van der Waals surface area contributed by atoms with Crippen LogP contribution in [0.4, 0.5) is 5.69 Å². The molecule has 1 aromatic carbocycles. The Kier molecular flexibility index (Phi) is 9.90. The zero-order chi connectivity index (χ0) is 21.8. The maximum atomic E-state index is 9.55. The van der Waals surface area contributed by atoms with Crippen LogP contribution in [0.25, 0.3) is 17.0 Å². The summed E-state index contributed by atoms with van der Waals surface area (Å²) in [5.74, 6) is -1.69. The lowest BCUT2D eigenvalue weighted by atomic mass is 10.1. The fourth-order valence-electron chi connectivity index (χ4n) is 2.47. The third-order valence-electron chi connectivity index (χ3n) is 3.84. The predicted octanol–water partition coefficient (Wildman–Crippen LogP) is 3.14. The molecule has 2 aromatic rings. The molecule has 156 valence electrons. The van der Waals surface area contributed by atoms with Gasteiger partial charge in [-0.3, -0.25) is 0 Å².